The van der Waals surface area contributed by atoms with E-state index in [1.807, 2.05) is 5.38 Å². The standard InChI is InChI=1S/C27H26ClFN4O5S/c1-13-19(12-20(34)37-2)31-25(38-13)15-5-3-14(4-6-15)22-21(27(35)36)23(17-8-7-16(29)11-18(17)28)33-24(32-22)26-30-9-10-39-26/h7-11,14-15,23H,3-6,12H2,1-2H3,(H,32,33)(H,35,36). The number of carbonyl (C=O) groups excluding carboxylic acids is 1. The van der Waals surface area contributed by atoms with Gasteiger partial charge in [0.1, 0.15) is 17.6 Å². The van der Waals surface area contributed by atoms with E-state index in [2.05, 4.69) is 20.3 Å². The Morgan fingerprint density at radius 2 is 2.00 bits per heavy atom. The molecule has 1 aliphatic heterocycles. The Morgan fingerprint density at radius 3 is 2.64 bits per heavy atom. The van der Waals surface area contributed by atoms with Gasteiger partial charge >= 0.3 is 11.9 Å². The molecule has 12 heteroatoms. The number of allylic oxidation sites excluding steroid dienone is 1. The van der Waals surface area contributed by atoms with Crippen LogP contribution in [-0.4, -0.2) is 40.0 Å². The second-order valence-corrected chi connectivity index (χ2v) is 10.8. The van der Waals surface area contributed by atoms with Crippen LogP contribution in [0.25, 0.3) is 0 Å². The highest BCUT2D eigenvalue weighted by molar-refractivity contribution is 7.11. The van der Waals surface area contributed by atoms with E-state index < -0.39 is 17.8 Å². The molecule has 1 aromatic carbocycles. The zero-order valence-corrected chi connectivity index (χ0v) is 22.8. The summed E-state index contributed by atoms with van der Waals surface area (Å²) < 4.78 is 24.5. The minimum atomic E-state index is -1.12. The van der Waals surface area contributed by atoms with Crippen molar-refractivity contribution in [2.45, 2.75) is 51.0 Å². The minimum absolute atomic E-state index is 0.0401. The van der Waals surface area contributed by atoms with Gasteiger partial charge in [0.2, 0.25) is 0 Å². The zero-order valence-electron chi connectivity index (χ0n) is 21.2. The van der Waals surface area contributed by atoms with E-state index >= 15 is 0 Å². The summed E-state index contributed by atoms with van der Waals surface area (Å²) in [4.78, 5) is 37.9. The first kappa shape index (κ1) is 27.0. The van der Waals surface area contributed by atoms with E-state index in [0.29, 0.717) is 65.1 Å². The largest absolute Gasteiger partial charge is 0.478 e. The van der Waals surface area contributed by atoms with Gasteiger partial charge in [0.15, 0.2) is 16.7 Å². The van der Waals surface area contributed by atoms with Crippen molar-refractivity contribution in [3.8, 4) is 0 Å². The number of ether oxygens (including phenoxy) is 1. The fraction of sp³-hybridized carbons (Fsp3) is 0.370. The number of rotatable bonds is 7. The van der Waals surface area contributed by atoms with Crippen LogP contribution in [0.1, 0.15) is 65.6 Å². The molecular weight excluding hydrogens is 547 g/mol. The molecular formula is C27H26ClFN4O5S. The maximum atomic E-state index is 13.8. The Kier molecular flexibility index (Phi) is 7.81. The highest BCUT2D eigenvalue weighted by atomic mass is 35.5. The van der Waals surface area contributed by atoms with Gasteiger partial charge in [-0.25, -0.2) is 19.2 Å². The number of methoxy groups -OCH3 is 1. The fourth-order valence-corrected chi connectivity index (χ4v) is 6.00. The second kappa shape index (κ2) is 11.3. The number of amidine groups is 1. The first-order chi connectivity index (χ1) is 18.7. The highest BCUT2D eigenvalue weighted by Crippen LogP contribution is 2.43. The van der Waals surface area contributed by atoms with Crippen LogP contribution in [0.3, 0.4) is 0 Å². The molecule has 1 saturated carbocycles. The molecule has 3 aromatic rings. The Morgan fingerprint density at radius 1 is 1.26 bits per heavy atom. The summed E-state index contributed by atoms with van der Waals surface area (Å²) in [5, 5.41) is 16.1. The topological polar surface area (TPSA) is 127 Å². The van der Waals surface area contributed by atoms with Crippen LogP contribution >= 0.6 is 22.9 Å². The van der Waals surface area contributed by atoms with Crippen LogP contribution in [0.5, 0.6) is 0 Å². The Balaban J connectivity index is 1.44. The van der Waals surface area contributed by atoms with Crippen LogP contribution in [0.4, 0.5) is 4.39 Å². The van der Waals surface area contributed by atoms with E-state index in [1.165, 1.54) is 30.6 Å². The van der Waals surface area contributed by atoms with Crippen LogP contribution < -0.4 is 5.32 Å². The number of thiazole rings is 1. The molecule has 0 spiro atoms. The van der Waals surface area contributed by atoms with Crippen molar-refractivity contribution in [2.75, 3.05) is 7.11 Å². The molecule has 2 N–H and O–H groups in total. The van der Waals surface area contributed by atoms with Gasteiger partial charge in [0.05, 0.1) is 24.8 Å². The third kappa shape index (κ3) is 5.60. The molecule has 3 heterocycles. The highest BCUT2D eigenvalue weighted by Gasteiger charge is 2.38. The molecule has 1 unspecified atom stereocenters. The number of carboxylic acid groups (broad SMARTS) is 1. The molecule has 9 nitrogen and oxygen atoms in total. The van der Waals surface area contributed by atoms with Crippen molar-refractivity contribution in [3.05, 3.63) is 79.8 Å². The van der Waals surface area contributed by atoms with Gasteiger partial charge in [-0.2, -0.15) is 0 Å². The molecule has 1 atom stereocenters. The van der Waals surface area contributed by atoms with Crippen molar-refractivity contribution in [2.24, 2.45) is 10.9 Å². The number of halogens is 2. The molecule has 0 bridgehead atoms. The van der Waals surface area contributed by atoms with Crippen molar-refractivity contribution < 1.29 is 28.2 Å². The van der Waals surface area contributed by atoms with Gasteiger partial charge in [-0.05, 0) is 50.7 Å². The average molecular weight is 573 g/mol. The number of nitrogens with zero attached hydrogens (tertiary/aromatic N) is 3. The number of aliphatic imine (C=N–C) groups is 1. The quantitative estimate of drug-likeness (QED) is 0.363. The number of esters is 1. The number of aryl methyl sites for hydroxylation is 1. The fourth-order valence-electron chi connectivity index (χ4n) is 5.15. The maximum absolute atomic E-state index is 13.8. The monoisotopic (exact) mass is 572 g/mol. The number of carbonyl (C=O) groups is 2. The predicted octanol–water partition coefficient (Wildman–Crippen LogP) is 5.35. The van der Waals surface area contributed by atoms with Gasteiger partial charge in [-0.15, -0.1) is 11.3 Å². The molecule has 2 aromatic heterocycles. The molecule has 0 radical (unpaired) electrons. The Hall–Kier alpha value is -3.57. The summed E-state index contributed by atoms with van der Waals surface area (Å²) in [6.45, 7) is 1.77. The lowest BCUT2D eigenvalue weighted by molar-refractivity contribution is -0.140. The second-order valence-electron chi connectivity index (χ2n) is 9.50. The summed E-state index contributed by atoms with van der Waals surface area (Å²) in [7, 11) is 1.33. The summed E-state index contributed by atoms with van der Waals surface area (Å²) in [6.07, 6.45) is 4.47. The zero-order chi connectivity index (χ0) is 27.7. The number of carboxylic acids is 1. The first-order valence-electron chi connectivity index (χ1n) is 12.4. The van der Waals surface area contributed by atoms with Crippen molar-refractivity contribution in [1.29, 1.82) is 0 Å². The first-order valence-corrected chi connectivity index (χ1v) is 13.7. The average Bonchev–Trinajstić information content (AvgIpc) is 3.58. The third-order valence-electron chi connectivity index (χ3n) is 7.13. The van der Waals surface area contributed by atoms with Crippen molar-refractivity contribution in [1.82, 2.24) is 15.3 Å². The van der Waals surface area contributed by atoms with Gasteiger partial charge < -0.3 is 19.6 Å². The van der Waals surface area contributed by atoms with Gasteiger partial charge in [0, 0.05) is 33.8 Å². The van der Waals surface area contributed by atoms with E-state index in [1.54, 1.807) is 13.1 Å². The number of aliphatic carboxylic acids is 1. The lowest BCUT2D eigenvalue weighted by atomic mass is 9.78. The van der Waals surface area contributed by atoms with Gasteiger partial charge in [-0.3, -0.25) is 9.79 Å². The van der Waals surface area contributed by atoms with E-state index in [0.717, 1.165) is 6.07 Å². The molecule has 0 saturated heterocycles. The van der Waals surface area contributed by atoms with Crippen molar-refractivity contribution >= 4 is 40.7 Å². The predicted molar refractivity (Wildman–Crippen MR) is 142 cm³/mol. The third-order valence-corrected chi connectivity index (χ3v) is 8.24. The number of nitrogens with one attached hydrogen (secondary N) is 1. The minimum Gasteiger partial charge on any atom is -0.478 e. The van der Waals surface area contributed by atoms with E-state index in [9.17, 15) is 19.1 Å². The van der Waals surface area contributed by atoms with Gasteiger partial charge in [0.25, 0.3) is 0 Å². The molecule has 5 rings (SSSR count). The van der Waals surface area contributed by atoms with Gasteiger partial charge in [-0.1, -0.05) is 17.7 Å². The number of hydrogen-bond donors (Lipinski definition) is 2. The molecule has 39 heavy (non-hydrogen) atoms. The van der Waals surface area contributed by atoms with Crippen LogP contribution in [0.15, 0.2) is 50.5 Å². The molecule has 204 valence electrons. The SMILES string of the molecule is COC(=O)Cc1nc(C2CCC(C3=C(C(=O)O)C(c4ccc(F)cc4Cl)N=C(c4nccs4)N3)CC2)oc1C. The Labute approximate surface area is 232 Å². The number of oxazole rings is 1. The van der Waals surface area contributed by atoms with E-state index in [-0.39, 0.29) is 34.8 Å². The van der Waals surface area contributed by atoms with Crippen LogP contribution in [0, 0.1) is 18.7 Å². The van der Waals surface area contributed by atoms with Crippen LogP contribution in [0.2, 0.25) is 5.02 Å². The summed E-state index contributed by atoms with van der Waals surface area (Å²) >= 11 is 7.75. The summed E-state index contributed by atoms with van der Waals surface area (Å²) in [6, 6.07) is 2.96. The maximum Gasteiger partial charge on any atom is 0.335 e. The lowest BCUT2D eigenvalue weighted by Crippen LogP contribution is -2.37. The molecule has 1 fully saturated rings. The Bertz CT molecular complexity index is 1460. The molecule has 0 amide bonds. The number of benzene rings is 1. The van der Waals surface area contributed by atoms with E-state index in [4.69, 9.17) is 20.8 Å². The van der Waals surface area contributed by atoms with Crippen molar-refractivity contribution in [3.63, 3.8) is 0 Å². The molecule has 1 aliphatic carbocycles. The number of aromatic nitrogens is 2. The lowest BCUT2D eigenvalue weighted by Gasteiger charge is -2.34. The smallest absolute Gasteiger partial charge is 0.335 e. The summed E-state index contributed by atoms with van der Waals surface area (Å²) in [5.41, 5.74) is 1.61. The summed E-state index contributed by atoms with van der Waals surface area (Å²) in [5.74, 6) is -0.468. The van der Waals surface area contributed by atoms with Crippen LogP contribution in [-0.2, 0) is 20.7 Å². The molecule has 2 aliphatic rings. The number of hydrogen-bond acceptors (Lipinski definition) is 9. The normalized spacial score (nSPS) is 21.3.